The van der Waals surface area contributed by atoms with Gasteiger partial charge in [-0.25, -0.2) is 9.13 Å². The minimum atomic E-state index is -4.92. The van der Waals surface area contributed by atoms with Gasteiger partial charge in [-0.1, -0.05) is 246 Å². The fraction of sp³-hybridized carbons (Fsp3) is 0.878. The lowest BCUT2D eigenvalue weighted by molar-refractivity contribution is -0.152. The van der Waals surface area contributed by atoms with Crippen LogP contribution in [-0.2, 0) is 74.9 Å². The van der Waals surface area contributed by atoms with Gasteiger partial charge >= 0.3 is 27.6 Å². The van der Waals surface area contributed by atoms with E-state index in [-0.39, 0.29) is 52.1 Å². The van der Waals surface area contributed by atoms with Crippen LogP contribution in [0.2, 0.25) is 0 Å². The van der Waals surface area contributed by atoms with Gasteiger partial charge in [0.25, 0.3) is 11.8 Å². The van der Waals surface area contributed by atoms with Gasteiger partial charge in [-0.3, -0.25) is 46.9 Å². The molecule has 0 aromatic heterocycles. The molecule has 0 aromatic carbocycles. The van der Waals surface area contributed by atoms with Crippen molar-refractivity contribution in [1.82, 2.24) is 21.3 Å². The summed E-state index contributed by atoms with van der Waals surface area (Å²) in [4.78, 5) is 101. The summed E-state index contributed by atoms with van der Waals surface area (Å²) in [5.74, 6) is -4.40. The molecule has 0 aliphatic heterocycles. The lowest BCUT2D eigenvalue weighted by Crippen LogP contribution is -2.50. The van der Waals surface area contributed by atoms with E-state index < -0.39 is 139 Å². The number of hydrogen-bond donors (Lipinski definition) is 10. The number of nitrogens with one attached hydrogen (secondary N) is 4. The number of esters is 2. The molecule has 10 atom stereocenters. The van der Waals surface area contributed by atoms with Gasteiger partial charge in [0.15, 0.2) is 12.2 Å². The Kier molecular flexibility index (Phi) is 71.6. The van der Waals surface area contributed by atoms with Gasteiger partial charge in [-0.15, -0.1) is 0 Å². The van der Waals surface area contributed by atoms with Gasteiger partial charge in [-0.2, -0.15) is 0 Å². The Morgan fingerprint density at radius 2 is 0.636 bits per heavy atom. The van der Waals surface area contributed by atoms with E-state index in [1.807, 2.05) is 0 Å². The van der Waals surface area contributed by atoms with Gasteiger partial charge < -0.3 is 70.4 Å². The minimum absolute atomic E-state index is 0.111. The molecular weight excluding hydrogens is 1450 g/mol. The molecule has 0 spiro atoms. The Morgan fingerprint density at radius 1 is 0.345 bits per heavy atom. The van der Waals surface area contributed by atoms with E-state index in [9.17, 15) is 68.1 Å². The fourth-order valence-corrected chi connectivity index (χ4v) is 13.7. The highest BCUT2D eigenvalue weighted by Crippen LogP contribution is 2.44. The van der Waals surface area contributed by atoms with E-state index in [0.717, 1.165) is 167 Å². The van der Waals surface area contributed by atoms with Crippen molar-refractivity contribution in [2.45, 2.75) is 398 Å². The van der Waals surface area contributed by atoms with E-state index in [1.165, 1.54) is 64.2 Å². The van der Waals surface area contributed by atoms with Crippen LogP contribution in [0.1, 0.15) is 350 Å². The number of aliphatic hydroxyl groups is 4. The Morgan fingerprint density at radius 3 is 0.964 bits per heavy atom. The zero-order chi connectivity index (χ0) is 81.4. The quantitative estimate of drug-likeness (QED) is 0.0117. The van der Waals surface area contributed by atoms with Crippen molar-refractivity contribution < 1.29 is 105 Å². The average Bonchev–Trinajstić information content (AvgIpc) is 0.899. The summed E-state index contributed by atoms with van der Waals surface area (Å²) in [6.07, 6.45) is 42.7. The van der Waals surface area contributed by atoms with Crippen molar-refractivity contribution >= 4 is 51.2 Å². The fourth-order valence-electron chi connectivity index (χ4n) is 12.1. The maximum absolute atomic E-state index is 13.8. The summed E-state index contributed by atoms with van der Waals surface area (Å²) in [7, 11) is -9.84. The van der Waals surface area contributed by atoms with Crippen molar-refractivity contribution in [3.63, 3.8) is 0 Å². The van der Waals surface area contributed by atoms with Crippen LogP contribution in [0.25, 0.3) is 0 Å². The number of phosphoric acid groups is 2. The first-order valence-electron chi connectivity index (χ1n) is 43.0. The maximum Gasteiger partial charge on any atom is 0.472 e. The van der Waals surface area contributed by atoms with Gasteiger partial charge in [0, 0.05) is 39.1 Å². The molecular formula is C82H156N4O22P2. The highest BCUT2D eigenvalue weighted by molar-refractivity contribution is 7.47. The second kappa shape index (κ2) is 74.1. The third-order valence-electron chi connectivity index (χ3n) is 18.8. The maximum atomic E-state index is 13.8. The molecule has 646 valence electrons. The topological polar surface area (TPSA) is 380 Å². The minimum Gasteiger partial charge on any atom is -0.462 e. The van der Waals surface area contributed by atoms with Crippen molar-refractivity contribution in [3.8, 4) is 0 Å². The van der Waals surface area contributed by atoms with Gasteiger partial charge in [0.2, 0.25) is 11.8 Å². The van der Waals surface area contributed by atoms with Crippen molar-refractivity contribution in [2.75, 3.05) is 65.9 Å². The monoisotopic (exact) mass is 1610 g/mol. The number of carbonyl (C=O) groups is 6. The van der Waals surface area contributed by atoms with Crippen LogP contribution in [0.15, 0.2) is 24.3 Å². The van der Waals surface area contributed by atoms with Crippen LogP contribution in [0.4, 0.5) is 0 Å². The second-order valence-electron chi connectivity index (χ2n) is 29.5. The molecule has 0 saturated heterocycles. The summed E-state index contributed by atoms with van der Waals surface area (Å²) < 4.78 is 70.5. The third-order valence-corrected chi connectivity index (χ3v) is 20.8. The van der Waals surface area contributed by atoms with Gasteiger partial charge in [0.1, 0.15) is 12.2 Å². The molecule has 110 heavy (non-hydrogen) atoms. The Bertz CT molecular complexity index is 2420. The molecule has 4 amide bonds. The zero-order valence-corrected chi connectivity index (χ0v) is 70.8. The number of hydrogen-bond acceptors (Lipinski definition) is 20. The summed E-state index contributed by atoms with van der Waals surface area (Å²) in [5, 5.41) is 52.3. The lowest BCUT2D eigenvalue weighted by atomic mass is 10.0. The molecule has 0 saturated carbocycles. The highest BCUT2D eigenvalue weighted by atomic mass is 31.2. The first-order valence-corrected chi connectivity index (χ1v) is 46.0. The third kappa shape index (κ3) is 67.6. The zero-order valence-electron chi connectivity index (χ0n) is 69.1. The smallest absolute Gasteiger partial charge is 0.462 e. The largest absolute Gasteiger partial charge is 0.472 e. The first kappa shape index (κ1) is 106. The molecule has 0 heterocycles. The average molecular weight is 1610 g/mol. The van der Waals surface area contributed by atoms with Crippen molar-refractivity contribution in [3.05, 3.63) is 24.3 Å². The number of carbonyl (C=O) groups excluding carboxylic acids is 6. The summed E-state index contributed by atoms with van der Waals surface area (Å²) in [6.45, 7) is 9.19. The Labute approximate surface area is 663 Å². The number of allylic oxidation sites excluding steroid dienone is 4. The van der Waals surface area contributed by atoms with Crippen LogP contribution >= 0.6 is 15.6 Å². The van der Waals surface area contributed by atoms with Crippen LogP contribution < -0.4 is 21.3 Å². The lowest BCUT2D eigenvalue weighted by Gasteiger charge is -2.23. The SMILES string of the molecule is CCCCCCC=CCCCC(=O)O[C@H](CCCCCCC)CC(=O)NC(COCC[C@H](O)CCCCCCC)COP(=O)(O)OCCNC(=O)[C@@H](O)[C@H](O)C(=O)NCCOP(=O)(O)OCC(COCC[C@H](O)CCCCCCC)NC(=O)C[C@@H](CCCCCCCCCCC)OC(=O)CCCC=CCCCCCC. The van der Waals surface area contributed by atoms with Crippen LogP contribution in [-0.4, -0.2) is 180 Å². The Hall–Kier alpha value is -3.72. The van der Waals surface area contributed by atoms with Crippen molar-refractivity contribution in [2.24, 2.45) is 0 Å². The van der Waals surface area contributed by atoms with Crippen molar-refractivity contribution in [1.29, 1.82) is 0 Å². The normalized spacial score (nSPS) is 15.1. The predicted octanol–water partition coefficient (Wildman–Crippen LogP) is 15.7. The molecule has 4 unspecified atom stereocenters. The molecule has 0 fully saturated rings. The number of ether oxygens (including phenoxy) is 4. The van der Waals surface area contributed by atoms with E-state index in [2.05, 4.69) is 87.1 Å². The van der Waals surface area contributed by atoms with E-state index in [0.29, 0.717) is 51.4 Å². The summed E-state index contributed by atoms with van der Waals surface area (Å²) in [6, 6.07) is -2.03. The van der Waals surface area contributed by atoms with Gasteiger partial charge in [0.05, 0.1) is 76.8 Å². The Balaban J connectivity index is 5.80. The predicted molar refractivity (Wildman–Crippen MR) is 433 cm³/mol. The molecule has 0 rings (SSSR count). The standard InChI is InChI=1S/C82H156N4O22P2/c1-7-13-19-25-28-31-34-40-46-52-74(108-78(92)54-48-42-36-33-30-27-21-15-9-3)64-76(90)86-70(66-102-60-56-72(88)50-44-38-23-17-11-5)68-106-110(99,100)104-62-58-84-82(96)80(94)79(93)81(95)83-57-61-103-109(97,98)105-67-69(65-101-59-55-71(87)49-43-37-22-16-10-4)85-75(89)63-73(51-45-39-24-18-12-6)107-77(91)53-47-41-35-32-29-26-20-14-8-2/h32-33,35-36,69-74,79-80,87-88,93-94H,7-31,34,37-68H2,1-6H3,(H,83,95)(H,84,96)(H,85,89)(H,86,90)(H,97,98)(H,99,100)/t69?,70?,71-,72-,73-,74-,79+,80+/m1/s1. The highest BCUT2D eigenvalue weighted by Gasteiger charge is 2.32. The number of amides is 4. The molecule has 0 aromatic rings. The molecule has 28 heteroatoms. The van der Waals surface area contributed by atoms with E-state index >= 15 is 0 Å². The summed E-state index contributed by atoms with van der Waals surface area (Å²) >= 11 is 0. The first-order chi connectivity index (χ1) is 53.0. The summed E-state index contributed by atoms with van der Waals surface area (Å²) in [5.41, 5.74) is 0. The van der Waals surface area contributed by atoms with Crippen LogP contribution in [0, 0.1) is 0 Å². The number of unbranched alkanes of at least 4 members (excludes halogenated alkanes) is 30. The number of aliphatic hydroxyl groups excluding tert-OH is 4. The molecule has 26 nitrogen and oxygen atoms in total. The molecule has 0 radical (unpaired) electrons. The molecule has 0 bridgehead atoms. The molecule has 0 aliphatic rings. The van der Waals surface area contributed by atoms with E-state index in [4.69, 9.17) is 37.0 Å². The number of rotatable bonds is 81. The van der Waals surface area contributed by atoms with Crippen LogP contribution in [0.3, 0.4) is 0 Å². The van der Waals surface area contributed by atoms with E-state index in [1.54, 1.807) is 0 Å². The molecule has 0 aliphatic carbocycles. The van der Waals surface area contributed by atoms with Crippen LogP contribution in [0.5, 0.6) is 0 Å². The van der Waals surface area contributed by atoms with Gasteiger partial charge in [-0.05, 0) is 103 Å². The second-order valence-corrected chi connectivity index (χ2v) is 32.4. The molecule has 10 N–H and O–H groups in total. The number of phosphoric ester groups is 2.